The van der Waals surface area contributed by atoms with E-state index in [9.17, 15) is 9.18 Å². The van der Waals surface area contributed by atoms with Gasteiger partial charge in [0.1, 0.15) is 11.6 Å². The number of amidine groups is 1. The second-order valence-corrected chi connectivity index (χ2v) is 9.60. The Bertz CT molecular complexity index is 1310. The predicted molar refractivity (Wildman–Crippen MR) is 139 cm³/mol. The van der Waals surface area contributed by atoms with Crippen LogP contribution in [-0.4, -0.2) is 36.5 Å². The summed E-state index contributed by atoms with van der Waals surface area (Å²) in [7, 11) is 0. The molecule has 0 bridgehead atoms. The number of anilines is 1. The average Bonchev–Trinajstić information content (AvgIpc) is 3.53. The van der Waals surface area contributed by atoms with Crippen LogP contribution in [0.2, 0.25) is 0 Å². The van der Waals surface area contributed by atoms with Gasteiger partial charge in [0.05, 0.1) is 18.4 Å². The maximum absolute atomic E-state index is 13.2. The van der Waals surface area contributed by atoms with Gasteiger partial charge in [-0.05, 0) is 64.7 Å². The van der Waals surface area contributed by atoms with Gasteiger partial charge in [-0.15, -0.1) is 0 Å². The minimum Gasteiger partial charge on any atom is -0.349 e. The van der Waals surface area contributed by atoms with Crippen molar-refractivity contribution >= 4 is 17.6 Å². The van der Waals surface area contributed by atoms with E-state index < -0.39 is 5.82 Å². The fraction of sp³-hybridized carbons (Fsp3) is 0.385. The van der Waals surface area contributed by atoms with E-state index in [1.54, 1.807) is 12.3 Å². The topological polar surface area (TPSA) is 136 Å². The van der Waals surface area contributed by atoms with Gasteiger partial charge < -0.3 is 16.5 Å². The van der Waals surface area contributed by atoms with Gasteiger partial charge in [-0.25, -0.2) is 24.0 Å². The fourth-order valence-electron chi connectivity index (χ4n) is 4.43. The predicted octanol–water partition coefficient (Wildman–Crippen LogP) is 3.92. The monoisotopic (exact) mass is 505 g/mol. The van der Waals surface area contributed by atoms with Crippen molar-refractivity contribution in [2.45, 2.75) is 58.9 Å². The molecule has 1 fully saturated rings. The Balaban J connectivity index is 1.37. The molecule has 0 spiro atoms. The molecular weight excluding hydrogens is 473 g/mol. The van der Waals surface area contributed by atoms with Crippen LogP contribution >= 0.6 is 0 Å². The number of hydrogen-bond acceptors (Lipinski definition) is 7. The number of carbonyl (C=O) groups excluding carboxylic acids is 1. The number of nitrogens with two attached hydrogens (primary N) is 1. The number of nitrogens with zero attached hydrogens (tertiary/aromatic N) is 6. The van der Waals surface area contributed by atoms with Gasteiger partial charge >= 0.3 is 0 Å². The third-order valence-electron chi connectivity index (χ3n) is 6.28. The van der Waals surface area contributed by atoms with E-state index in [-0.39, 0.29) is 23.8 Å². The standard InChI is InChI=1S/C26H32FN9O/c1-15(2)9-23(35-28)33-22-10-16(3)31-25(34-22)18-5-6-19(11-18)26(37)32-17(4)20-7-8-24(29-12-20)36-14-21(27)13-30-36/h7-10,12-14,17-19H,5-6,11,28H2,1-4H3,(H,32,37)(H,31,33,34,35)/t17-,18+,19-/m0/s1. The molecule has 3 heterocycles. The van der Waals surface area contributed by atoms with Gasteiger partial charge in [-0.3, -0.25) is 4.79 Å². The summed E-state index contributed by atoms with van der Waals surface area (Å²) in [5.74, 6) is 7.40. The first-order valence-electron chi connectivity index (χ1n) is 12.2. The highest BCUT2D eigenvalue weighted by molar-refractivity contribution is 6.03. The van der Waals surface area contributed by atoms with Crippen LogP contribution in [-0.2, 0) is 4.79 Å². The van der Waals surface area contributed by atoms with Gasteiger partial charge in [0.25, 0.3) is 0 Å². The number of pyridine rings is 1. The molecule has 10 nitrogen and oxygen atoms in total. The van der Waals surface area contributed by atoms with Gasteiger partial charge in [0.15, 0.2) is 17.5 Å². The largest absolute Gasteiger partial charge is 0.349 e. The minimum atomic E-state index is -0.428. The Morgan fingerprint density at radius 3 is 2.73 bits per heavy atom. The van der Waals surface area contributed by atoms with Crippen molar-refractivity contribution < 1.29 is 9.18 Å². The molecule has 0 aliphatic heterocycles. The summed E-state index contributed by atoms with van der Waals surface area (Å²) in [4.78, 5) is 26.7. The first kappa shape index (κ1) is 25.9. The lowest BCUT2D eigenvalue weighted by molar-refractivity contribution is -0.125. The number of halogens is 1. The molecule has 4 rings (SSSR count). The Morgan fingerprint density at radius 2 is 2.08 bits per heavy atom. The number of hydrazone groups is 1. The Morgan fingerprint density at radius 1 is 1.27 bits per heavy atom. The number of aryl methyl sites for hydroxylation is 1. The third-order valence-corrected chi connectivity index (χ3v) is 6.28. The number of allylic oxidation sites excluding steroid dienone is 1. The van der Waals surface area contributed by atoms with Crippen LogP contribution in [0.15, 0.2) is 53.5 Å². The van der Waals surface area contributed by atoms with Gasteiger partial charge in [0, 0.05) is 29.8 Å². The Hall–Kier alpha value is -4.15. The van der Waals surface area contributed by atoms with Gasteiger partial charge in [0.2, 0.25) is 5.91 Å². The Labute approximate surface area is 215 Å². The molecule has 0 radical (unpaired) electrons. The van der Waals surface area contributed by atoms with Crippen LogP contribution in [0.3, 0.4) is 0 Å². The summed E-state index contributed by atoms with van der Waals surface area (Å²) in [5, 5.41) is 13.9. The lowest BCUT2D eigenvalue weighted by atomic mass is 10.0. The molecule has 37 heavy (non-hydrogen) atoms. The second kappa shape index (κ2) is 11.3. The van der Waals surface area contributed by atoms with Crippen LogP contribution < -0.4 is 16.5 Å². The van der Waals surface area contributed by atoms with Crippen LogP contribution in [0.25, 0.3) is 5.82 Å². The SMILES string of the molecule is CC(C)=C/C(=N\N)Nc1cc(C)nc([C@@H]2CC[C@H](C(=O)N[C@@H](C)c3ccc(-n4cc(F)cn4)nc3)C2)n1. The average molecular weight is 506 g/mol. The second-order valence-electron chi connectivity index (χ2n) is 9.60. The van der Waals surface area contributed by atoms with Crippen LogP contribution in [0.4, 0.5) is 10.2 Å². The van der Waals surface area contributed by atoms with Crippen LogP contribution in [0.5, 0.6) is 0 Å². The van der Waals surface area contributed by atoms with Crippen LogP contribution in [0.1, 0.15) is 69.1 Å². The molecule has 1 aliphatic carbocycles. The van der Waals surface area contributed by atoms with E-state index in [1.807, 2.05) is 45.9 Å². The summed E-state index contributed by atoms with van der Waals surface area (Å²) in [6, 6.07) is 5.22. The maximum Gasteiger partial charge on any atom is 0.223 e. The molecular formula is C26H32FN9O. The molecule has 3 aromatic rings. The van der Waals surface area contributed by atoms with E-state index in [0.29, 0.717) is 29.7 Å². The molecule has 0 unspecified atom stereocenters. The molecule has 3 aromatic heterocycles. The van der Waals surface area contributed by atoms with Crippen molar-refractivity contribution in [3.05, 3.63) is 71.3 Å². The lowest BCUT2D eigenvalue weighted by Crippen LogP contribution is -2.31. The maximum atomic E-state index is 13.2. The zero-order valence-corrected chi connectivity index (χ0v) is 21.4. The summed E-state index contributed by atoms with van der Waals surface area (Å²) < 4.78 is 14.6. The smallest absolute Gasteiger partial charge is 0.223 e. The lowest BCUT2D eigenvalue weighted by Gasteiger charge is -2.18. The van der Waals surface area contributed by atoms with Crippen LogP contribution in [0, 0.1) is 18.7 Å². The highest BCUT2D eigenvalue weighted by Gasteiger charge is 2.33. The molecule has 194 valence electrons. The third kappa shape index (κ3) is 6.54. The van der Waals surface area contributed by atoms with Gasteiger partial charge in [-0.1, -0.05) is 11.6 Å². The van der Waals surface area contributed by atoms with E-state index in [0.717, 1.165) is 35.9 Å². The number of aromatic nitrogens is 5. The highest BCUT2D eigenvalue weighted by atomic mass is 19.1. The quantitative estimate of drug-likeness (QED) is 0.192. The molecule has 4 N–H and O–H groups in total. The summed E-state index contributed by atoms with van der Waals surface area (Å²) in [6.45, 7) is 7.76. The highest BCUT2D eigenvalue weighted by Crippen LogP contribution is 2.37. The van der Waals surface area contributed by atoms with E-state index >= 15 is 0 Å². The van der Waals surface area contributed by atoms with E-state index in [4.69, 9.17) is 5.84 Å². The normalized spacial score (nSPS) is 18.4. The summed E-state index contributed by atoms with van der Waals surface area (Å²) >= 11 is 0. The number of rotatable bonds is 7. The van der Waals surface area contributed by atoms with Crippen molar-refractivity contribution in [3.8, 4) is 5.82 Å². The zero-order valence-electron chi connectivity index (χ0n) is 21.4. The molecule has 1 amide bonds. The van der Waals surface area contributed by atoms with Crippen molar-refractivity contribution in [2.24, 2.45) is 16.9 Å². The zero-order chi connectivity index (χ0) is 26.5. The first-order valence-corrected chi connectivity index (χ1v) is 12.2. The number of hydrogen-bond donors (Lipinski definition) is 3. The summed E-state index contributed by atoms with van der Waals surface area (Å²) in [6.07, 6.45) is 8.16. The number of nitrogens with one attached hydrogen (secondary N) is 2. The molecule has 1 saturated carbocycles. The molecule has 11 heteroatoms. The fourth-order valence-corrected chi connectivity index (χ4v) is 4.43. The molecule has 0 saturated heterocycles. The van der Waals surface area contributed by atoms with Crippen molar-refractivity contribution in [3.63, 3.8) is 0 Å². The van der Waals surface area contributed by atoms with Crippen molar-refractivity contribution in [1.82, 2.24) is 30.0 Å². The Kier molecular flexibility index (Phi) is 7.90. The first-order chi connectivity index (χ1) is 17.7. The van der Waals surface area contributed by atoms with E-state index in [2.05, 4.69) is 35.8 Å². The molecule has 1 aliphatic rings. The minimum absolute atomic E-state index is 0.000310. The summed E-state index contributed by atoms with van der Waals surface area (Å²) in [5.41, 5.74) is 2.74. The van der Waals surface area contributed by atoms with E-state index in [1.165, 1.54) is 10.9 Å². The van der Waals surface area contributed by atoms with Crippen molar-refractivity contribution in [1.29, 1.82) is 0 Å². The number of amides is 1. The molecule has 3 atom stereocenters. The van der Waals surface area contributed by atoms with Crippen molar-refractivity contribution in [2.75, 3.05) is 5.32 Å². The number of carbonyl (C=O) groups is 1. The molecule has 0 aromatic carbocycles. The van der Waals surface area contributed by atoms with Gasteiger partial charge in [-0.2, -0.15) is 10.2 Å².